The molecular weight excluding hydrogens is 352 g/mol. The van der Waals surface area contributed by atoms with Gasteiger partial charge in [0.15, 0.2) is 22.5 Å². The zero-order valence-electron chi connectivity index (χ0n) is 13.2. The maximum atomic E-state index is 14.0. The van der Waals surface area contributed by atoms with Crippen molar-refractivity contribution < 1.29 is 13.6 Å². The molecule has 3 rings (SSSR count). The van der Waals surface area contributed by atoms with Gasteiger partial charge < -0.3 is 0 Å². The number of benzene rings is 1. The summed E-state index contributed by atoms with van der Waals surface area (Å²) in [6.07, 6.45) is 0. The van der Waals surface area contributed by atoms with Gasteiger partial charge in [-0.25, -0.2) is 13.5 Å². The number of nitrogens with zero attached hydrogens (tertiary/aromatic N) is 5. The van der Waals surface area contributed by atoms with Crippen LogP contribution in [0.4, 0.5) is 14.6 Å². The van der Waals surface area contributed by atoms with Gasteiger partial charge in [0, 0.05) is 18.8 Å². The average Bonchev–Trinajstić information content (AvgIpc) is 2.96. The Labute approximate surface area is 146 Å². The third-order valence-corrected chi connectivity index (χ3v) is 3.71. The van der Waals surface area contributed by atoms with Gasteiger partial charge in [-0.15, -0.1) is 10.2 Å². The van der Waals surface area contributed by atoms with E-state index in [2.05, 4.69) is 15.3 Å². The molecular formula is C16H12ClF2N5O. The van der Waals surface area contributed by atoms with Crippen LogP contribution in [0.2, 0.25) is 5.15 Å². The monoisotopic (exact) mass is 363 g/mol. The first-order valence-corrected chi connectivity index (χ1v) is 7.54. The lowest BCUT2D eigenvalue weighted by atomic mass is 10.3. The normalized spacial score (nSPS) is 10.8. The summed E-state index contributed by atoms with van der Waals surface area (Å²) in [5.74, 6) is -1.64. The van der Waals surface area contributed by atoms with Crippen LogP contribution in [-0.2, 0) is 0 Å². The third-order valence-electron chi connectivity index (χ3n) is 3.51. The van der Waals surface area contributed by atoms with E-state index in [-0.39, 0.29) is 22.4 Å². The summed E-state index contributed by atoms with van der Waals surface area (Å²) in [6.45, 7) is 1.66. The van der Waals surface area contributed by atoms with E-state index in [9.17, 15) is 13.6 Å². The number of hydrogen-bond donors (Lipinski definition) is 0. The van der Waals surface area contributed by atoms with Gasteiger partial charge in [0.2, 0.25) is 0 Å². The van der Waals surface area contributed by atoms with Crippen molar-refractivity contribution in [2.24, 2.45) is 0 Å². The lowest BCUT2D eigenvalue weighted by Gasteiger charge is -2.13. The van der Waals surface area contributed by atoms with Crippen molar-refractivity contribution in [3.05, 3.63) is 64.6 Å². The fraction of sp³-hybridized carbons (Fsp3) is 0.125. The zero-order chi connectivity index (χ0) is 18.1. The van der Waals surface area contributed by atoms with E-state index in [1.165, 1.54) is 40.9 Å². The molecule has 1 amide bonds. The van der Waals surface area contributed by atoms with Gasteiger partial charge in [-0.1, -0.05) is 11.6 Å². The smallest absolute Gasteiger partial charge is 0.279 e. The molecule has 25 heavy (non-hydrogen) atoms. The Morgan fingerprint density at radius 2 is 1.92 bits per heavy atom. The Kier molecular flexibility index (Phi) is 4.45. The predicted octanol–water partition coefficient (Wildman–Crippen LogP) is 3.18. The molecule has 3 aromatic rings. The molecule has 0 atom stereocenters. The first-order chi connectivity index (χ1) is 11.9. The van der Waals surface area contributed by atoms with Crippen LogP contribution in [0.3, 0.4) is 0 Å². The molecule has 0 spiro atoms. The number of halogens is 3. The molecule has 0 radical (unpaired) electrons. The van der Waals surface area contributed by atoms with E-state index in [1.807, 2.05) is 0 Å². The van der Waals surface area contributed by atoms with E-state index >= 15 is 0 Å². The summed E-state index contributed by atoms with van der Waals surface area (Å²) < 4.78 is 28.3. The minimum absolute atomic E-state index is 0.0480. The van der Waals surface area contributed by atoms with Crippen LogP contribution in [0.5, 0.6) is 0 Å². The van der Waals surface area contributed by atoms with Crippen molar-refractivity contribution in [2.75, 3.05) is 11.9 Å². The Morgan fingerprint density at radius 1 is 1.16 bits per heavy atom. The van der Waals surface area contributed by atoms with E-state index in [1.54, 1.807) is 6.92 Å². The summed E-state index contributed by atoms with van der Waals surface area (Å²) in [5.41, 5.74) is 0.650. The molecule has 0 N–H and O–H groups in total. The highest BCUT2D eigenvalue weighted by Gasteiger charge is 2.20. The molecule has 0 fully saturated rings. The SMILES string of the molecule is Cc1cc(C(=O)N(C)c2ccc(Cl)nn2)nn1-c1ccc(F)cc1F. The lowest BCUT2D eigenvalue weighted by molar-refractivity contribution is 0.0987. The van der Waals surface area contributed by atoms with E-state index in [4.69, 9.17) is 11.6 Å². The zero-order valence-corrected chi connectivity index (χ0v) is 14.0. The van der Waals surface area contributed by atoms with E-state index in [0.29, 0.717) is 5.69 Å². The van der Waals surface area contributed by atoms with Gasteiger partial charge in [0.25, 0.3) is 5.91 Å². The molecule has 0 unspecified atom stereocenters. The van der Waals surface area contributed by atoms with Gasteiger partial charge in [0.1, 0.15) is 11.5 Å². The van der Waals surface area contributed by atoms with Crippen molar-refractivity contribution in [2.45, 2.75) is 6.92 Å². The number of aryl methyl sites for hydroxylation is 1. The van der Waals surface area contributed by atoms with Crippen LogP contribution < -0.4 is 4.90 Å². The maximum absolute atomic E-state index is 14.0. The Hall–Kier alpha value is -2.87. The molecule has 0 aliphatic carbocycles. The molecule has 0 aliphatic heterocycles. The van der Waals surface area contributed by atoms with Gasteiger partial charge in [-0.3, -0.25) is 9.69 Å². The second kappa shape index (κ2) is 6.56. The first kappa shape index (κ1) is 17.0. The fourth-order valence-electron chi connectivity index (χ4n) is 2.24. The number of anilines is 1. The van der Waals surface area contributed by atoms with Crippen molar-refractivity contribution >= 4 is 23.3 Å². The molecule has 9 heteroatoms. The van der Waals surface area contributed by atoms with Crippen LogP contribution in [0.1, 0.15) is 16.2 Å². The number of carbonyl (C=O) groups is 1. The van der Waals surface area contributed by atoms with Crippen LogP contribution in [-0.4, -0.2) is 32.9 Å². The molecule has 2 heterocycles. The summed E-state index contributed by atoms with van der Waals surface area (Å²) in [4.78, 5) is 13.8. The summed E-state index contributed by atoms with van der Waals surface area (Å²) in [5, 5.41) is 11.8. The highest BCUT2D eigenvalue weighted by atomic mass is 35.5. The Balaban J connectivity index is 1.93. The molecule has 6 nitrogen and oxygen atoms in total. The van der Waals surface area contributed by atoms with Gasteiger partial charge in [-0.2, -0.15) is 5.10 Å². The van der Waals surface area contributed by atoms with Crippen LogP contribution in [0.15, 0.2) is 36.4 Å². The van der Waals surface area contributed by atoms with Crippen LogP contribution >= 0.6 is 11.6 Å². The van der Waals surface area contributed by atoms with Crippen LogP contribution in [0.25, 0.3) is 5.69 Å². The molecule has 2 aromatic heterocycles. The first-order valence-electron chi connectivity index (χ1n) is 7.16. The predicted molar refractivity (Wildman–Crippen MR) is 88.0 cm³/mol. The average molecular weight is 364 g/mol. The standard InChI is InChI=1S/C16H12ClF2N5O/c1-9-7-12(16(25)23(2)15-6-5-14(17)20-21-15)22-24(9)13-4-3-10(18)8-11(13)19/h3-8H,1-2H3. The van der Waals surface area contributed by atoms with Crippen molar-refractivity contribution in [3.8, 4) is 5.69 Å². The lowest BCUT2D eigenvalue weighted by Crippen LogP contribution is -2.27. The molecule has 0 saturated carbocycles. The maximum Gasteiger partial charge on any atom is 0.279 e. The number of carbonyl (C=O) groups excluding carboxylic acids is 1. The number of hydrogen-bond acceptors (Lipinski definition) is 4. The molecule has 1 aromatic carbocycles. The fourth-order valence-corrected chi connectivity index (χ4v) is 2.34. The summed E-state index contributed by atoms with van der Waals surface area (Å²) in [7, 11) is 1.51. The second-order valence-electron chi connectivity index (χ2n) is 5.26. The molecule has 0 saturated heterocycles. The molecule has 0 aliphatic rings. The largest absolute Gasteiger partial charge is 0.293 e. The topological polar surface area (TPSA) is 63.9 Å². The number of amides is 1. The number of rotatable bonds is 3. The van der Waals surface area contributed by atoms with Crippen molar-refractivity contribution in [1.29, 1.82) is 0 Å². The van der Waals surface area contributed by atoms with Crippen molar-refractivity contribution in [1.82, 2.24) is 20.0 Å². The van der Waals surface area contributed by atoms with Gasteiger partial charge in [0.05, 0.1) is 0 Å². The summed E-state index contributed by atoms with van der Waals surface area (Å²) in [6, 6.07) is 7.68. The molecule has 128 valence electrons. The second-order valence-corrected chi connectivity index (χ2v) is 5.64. The third kappa shape index (κ3) is 3.34. The number of aromatic nitrogens is 4. The quantitative estimate of drug-likeness (QED) is 0.717. The Morgan fingerprint density at radius 3 is 2.56 bits per heavy atom. The van der Waals surface area contributed by atoms with Gasteiger partial charge >= 0.3 is 0 Å². The van der Waals surface area contributed by atoms with E-state index in [0.717, 1.165) is 12.1 Å². The highest BCUT2D eigenvalue weighted by molar-refractivity contribution is 6.29. The van der Waals surface area contributed by atoms with Crippen molar-refractivity contribution in [3.63, 3.8) is 0 Å². The minimum Gasteiger partial charge on any atom is -0.293 e. The minimum atomic E-state index is -0.776. The molecule has 0 bridgehead atoms. The van der Waals surface area contributed by atoms with Gasteiger partial charge in [-0.05, 0) is 37.3 Å². The highest BCUT2D eigenvalue weighted by Crippen LogP contribution is 2.19. The van der Waals surface area contributed by atoms with E-state index < -0.39 is 17.5 Å². The summed E-state index contributed by atoms with van der Waals surface area (Å²) >= 11 is 5.68. The van der Waals surface area contributed by atoms with Crippen LogP contribution in [0, 0.1) is 18.6 Å². The Bertz CT molecular complexity index is 942.